The van der Waals surface area contributed by atoms with Gasteiger partial charge in [-0.15, -0.1) is 0 Å². The fraction of sp³-hybridized carbons (Fsp3) is 0.581. The number of hydrogen-bond acceptors (Lipinski definition) is 5. The van der Waals surface area contributed by atoms with Crippen LogP contribution in [0.5, 0.6) is 0 Å². The van der Waals surface area contributed by atoms with Gasteiger partial charge >= 0.3 is 5.97 Å². The minimum absolute atomic E-state index is 0.157. The van der Waals surface area contributed by atoms with Gasteiger partial charge in [0.15, 0.2) is 0 Å². The van der Waals surface area contributed by atoms with E-state index in [0.29, 0.717) is 47.1 Å². The number of fused-ring (bicyclic) bond motifs is 6. The van der Waals surface area contributed by atoms with Crippen LogP contribution in [-0.2, 0) is 26.0 Å². The highest BCUT2D eigenvalue weighted by molar-refractivity contribution is 7.90. The van der Waals surface area contributed by atoms with Gasteiger partial charge in [0.1, 0.15) is 0 Å². The number of carbonyl (C=O) groups is 2. The summed E-state index contributed by atoms with van der Waals surface area (Å²) < 4.78 is 28.8. The molecule has 0 unspecified atom stereocenters. The molecule has 7 rings (SSSR count). The number of carbonyl (C=O) groups excluding carboxylic acids is 1. The molecule has 9 atom stereocenters. The molecule has 1 heterocycles. The Morgan fingerprint density at radius 2 is 1.81 bits per heavy atom. The summed E-state index contributed by atoms with van der Waals surface area (Å²) in [6.07, 6.45) is 13.8. The van der Waals surface area contributed by atoms with E-state index in [2.05, 4.69) is 32.2 Å². The summed E-state index contributed by atoms with van der Waals surface area (Å²) >= 11 is 0. The smallest absolute Gasteiger partial charge is 0.305 e. The largest absolute Gasteiger partial charge is 0.481 e. The lowest BCUT2D eigenvalue weighted by Crippen LogP contribution is -2.50. The molecule has 1 aromatic heterocycles. The van der Waals surface area contributed by atoms with Crippen LogP contribution in [0.15, 0.2) is 71.3 Å². The van der Waals surface area contributed by atoms with E-state index in [0.717, 1.165) is 43.1 Å². The van der Waals surface area contributed by atoms with Gasteiger partial charge in [0.05, 0.1) is 22.9 Å². The number of aliphatic carboxylic acids is 1. The second-order valence-electron chi connectivity index (χ2n) is 17.3. The number of benzene rings is 2. The molecule has 8 nitrogen and oxygen atoms in total. The van der Waals surface area contributed by atoms with Crippen molar-refractivity contribution in [2.24, 2.45) is 40.4 Å². The predicted molar refractivity (Wildman–Crippen MR) is 203 cm³/mol. The third kappa shape index (κ3) is 6.65. The number of para-hydroxylation sites is 1. The molecule has 0 aliphatic heterocycles. The van der Waals surface area contributed by atoms with E-state index < -0.39 is 22.0 Å². The molecule has 3 N–H and O–H groups in total. The van der Waals surface area contributed by atoms with Crippen LogP contribution in [0.2, 0.25) is 0 Å². The summed E-state index contributed by atoms with van der Waals surface area (Å²) in [6, 6.07) is 13.3. The molecule has 280 valence electrons. The van der Waals surface area contributed by atoms with Crippen molar-refractivity contribution in [2.45, 2.75) is 122 Å². The molecular weight excluding hydrogens is 673 g/mol. The summed E-state index contributed by atoms with van der Waals surface area (Å²) in [6.45, 7) is 9.15. The number of amides is 1. The summed E-state index contributed by atoms with van der Waals surface area (Å²) in [5.41, 5.74) is 4.01. The summed E-state index contributed by atoms with van der Waals surface area (Å²) in [5, 5.41) is 23.9. The second-order valence-corrected chi connectivity index (χ2v) is 19.1. The van der Waals surface area contributed by atoms with E-state index in [4.69, 9.17) is 0 Å². The zero-order chi connectivity index (χ0) is 37.0. The average molecular weight is 729 g/mol. The molecule has 0 radical (unpaired) electrons. The molecular formula is C43H56N2O6S. The van der Waals surface area contributed by atoms with Crippen LogP contribution in [0.25, 0.3) is 10.9 Å². The topological polar surface area (TPSA) is 126 Å². The maximum absolute atomic E-state index is 13.8. The lowest BCUT2D eigenvalue weighted by atomic mass is 9.47. The van der Waals surface area contributed by atoms with Gasteiger partial charge in [0, 0.05) is 24.0 Å². The SMILES string of the molecule is Cc1cccc(S(=O)(=O)n2cc(C[C@@H](CC(=O)O)NC(=O)CC[C@@H](C)[C@H]3CC[C@H]4[C@@H]5CC=C6C[C@@H](O)CC[C@]6(C)[C@H]5CC[C@]34C)c3ccccc32)c1. The molecule has 52 heavy (non-hydrogen) atoms. The maximum atomic E-state index is 13.8. The highest BCUT2D eigenvalue weighted by atomic mass is 32.2. The maximum Gasteiger partial charge on any atom is 0.305 e. The Kier molecular flexibility index (Phi) is 10.0. The summed E-state index contributed by atoms with van der Waals surface area (Å²) in [4.78, 5) is 25.7. The minimum atomic E-state index is -3.91. The molecule has 3 aromatic rings. The number of rotatable bonds is 11. The van der Waals surface area contributed by atoms with Gasteiger partial charge in [-0.05, 0) is 141 Å². The Bertz CT molecular complexity index is 1980. The van der Waals surface area contributed by atoms with E-state index in [-0.39, 0.29) is 40.6 Å². The van der Waals surface area contributed by atoms with Gasteiger partial charge in [-0.3, -0.25) is 9.59 Å². The molecule has 9 heteroatoms. The number of nitrogens with zero attached hydrogens (tertiary/aromatic N) is 1. The Labute approximate surface area is 309 Å². The lowest BCUT2D eigenvalue weighted by molar-refractivity contribution is -0.137. The van der Waals surface area contributed by atoms with Crippen LogP contribution in [0.3, 0.4) is 0 Å². The van der Waals surface area contributed by atoms with E-state index in [1.807, 2.05) is 25.1 Å². The molecule has 1 amide bonds. The van der Waals surface area contributed by atoms with Crippen LogP contribution in [0.1, 0.15) is 103 Å². The van der Waals surface area contributed by atoms with Crippen molar-refractivity contribution < 1.29 is 28.2 Å². The fourth-order valence-corrected chi connectivity index (χ4v) is 13.1. The molecule has 0 spiro atoms. The van der Waals surface area contributed by atoms with Crippen molar-refractivity contribution in [1.29, 1.82) is 0 Å². The first kappa shape index (κ1) is 36.9. The van der Waals surface area contributed by atoms with E-state index in [1.165, 1.54) is 35.2 Å². The van der Waals surface area contributed by atoms with Crippen LogP contribution in [0.4, 0.5) is 0 Å². The highest BCUT2D eigenvalue weighted by Crippen LogP contribution is 2.67. The Balaban J connectivity index is 1.02. The predicted octanol–water partition coefficient (Wildman–Crippen LogP) is 8.04. The van der Waals surface area contributed by atoms with Gasteiger partial charge < -0.3 is 15.5 Å². The minimum Gasteiger partial charge on any atom is -0.481 e. The standard InChI is InChI=1S/C43H56N2O6S/c1-27-8-7-9-33(22-27)52(50,51)45-26-29(34-10-5-6-11-39(34)45)23-31(25-41(48)49)44-40(47)17-12-28(2)36-15-16-37-35-14-13-30-24-32(46)18-20-42(30,3)38(35)19-21-43(36,37)4/h5-11,13,22,26,28,31-32,35-38,46H,12,14-21,23-25H2,1-4H3,(H,44,47)(H,48,49)/t28-,31+,32+,35+,36-,37+,38+,42+,43-/m1/s1. The summed E-state index contributed by atoms with van der Waals surface area (Å²) in [7, 11) is -3.91. The van der Waals surface area contributed by atoms with Crippen LogP contribution in [0, 0.1) is 47.3 Å². The van der Waals surface area contributed by atoms with E-state index in [1.54, 1.807) is 36.5 Å². The Hall–Kier alpha value is -3.43. The third-order valence-electron chi connectivity index (χ3n) is 14.2. The number of carboxylic acid groups (broad SMARTS) is 1. The number of nitrogens with one attached hydrogen (secondary N) is 1. The van der Waals surface area contributed by atoms with Crippen LogP contribution < -0.4 is 5.32 Å². The van der Waals surface area contributed by atoms with Crippen LogP contribution >= 0.6 is 0 Å². The Morgan fingerprint density at radius 1 is 1.02 bits per heavy atom. The zero-order valence-electron chi connectivity index (χ0n) is 31.2. The van der Waals surface area contributed by atoms with Gasteiger partial charge in [0.25, 0.3) is 10.0 Å². The number of allylic oxidation sites excluding steroid dienone is 1. The van der Waals surface area contributed by atoms with Crippen molar-refractivity contribution >= 4 is 32.8 Å². The van der Waals surface area contributed by atoms with Crippen molar-refractivity contribution in [2.75, 3.05) is 0 Å². The van der Waals surface area contributed by atoms with Gasteiger partial charge in [-0.1, -0.05) is 62.8 Å². The molecule has 3 saturated carbocycles. The molecule has 0 saturated heterocycles. The number of carboxylic acids is 1. The molecule has 4 aliphatic carbocycles. The van der Waals surface area contributed by atoms with Gasteiger partial charge in [-0.2, -0.15) is 0 Å². The van der Waals surface area contributed by atoms with Crippen molar-refractivity contribution in [1.82, 2.24) is 9.29 Å². The first-order valence-electron chi connectivity index (χ1n) is 19.5. The molecule has 0 bridgehead atoms. The quantitative estimate of drug-likeness (QED) is 0.172. The number of hydrogen-bond donors (Lipinski definition) is 3. The van der Waals surface area contributed by atoms with Crippen molar-refractivity contribution in [3.05, 3.63) is 77.5 Å². The van der Waals surface area contributed by atoms with E-state index in [9.17, 15) is 28.2 Å². The number of aliphatic hydroxyl groups excluding tert-OH is 1. The molecule has 3 fully saturated rings. The third-order valence-corrected chi connectivity index (χ3v) is 15.9. The highest BCUT2D eigenvalue weighted by Gasteiger charge is 2.59. The first-order chi connectivity index (χ1) is 24.7. The Morgan fingerprint density at radius 3 is 2.58 bits per heavy atom. The van der Waals surface area contributed by atoms with Crippen LogP contribution in [-0.4, -0.2) is 46.6 Å². The van der Waals surface area contributed by atoms with E-state index >= 15 is 0 Å². The fourth-order valence-electron chi connectivity index (χ4n) is 11.6. The summed E-state index contributed by atoms with van der Waals surface area (Å²) in [5.74, 6) is 1.82. The normalized spacial score (nSPS) is 31.2. The number of aromatic nitrogens is 1. The number of aryl methyl sites for hydroxylation is 1. The first-order valence-corrected chi connectivity index (χ1v) is 20.9. The van der Waals surface area contributed by atoms with Crippen molar-refractivity contribution in [3.63, 3.8) is 0 Å². The average Bonchev–Trinajstić information content (AvgIpc) is 3.65. The molecule has 4 aliphatic rings. The monoisotopic (exact) mass is 728 g/mol. The second kappa shape index (κ2) is 14.1. The molecule has 2 aromatic carbocycles. The van der Waals surface area contributed by atoms with Gasteiger partial charge in [-0.25, -0.2) is 12.4 Å². The lowest BCUT2D eigenvalue weighted by Gasteiger charge is -2.58. The van der Waals surface area contributed by atoms with Gasteiger partial charge in [0.2, 0.25) is 5.91 Å². The zero-order valence-corrected chi connectivity index (χ0v) is 32.0. The number of aliphatic hydroxyl groups is 1. The van der Waals surface area contributed by atoms with Crippen molar-refractivity contribution in [3.8, 4) is 0 Å².